The highest BCUT2D eigenvalue weighted by atomic mass is 32.2. The summed E-state index contributed by atoms with van der Waals surface area (Å²) >= 11 is 0. The maximum atomic E-state index is 12.3. The van der Waals surface area contributed by atoms with Gasteiger partial charge in [-0.05, 0) is 11.6 Å². The van der Waals surface area contributed by atoms with E-state index >= 15 is 0 Å². The Morgan fingerprint density at radius 3 is 2.71 bits per heavy atom. The molecule has 1 aliphatic rings. The first-order valence-electron chi connectivity index (χ1n) is 6.38. The van der Waals surface area contributed by atoms with Gasteiger partial charge in [-0.3, -0.25) is 0 Å². The standard InChI is InChI=1S/C14H14N4O2S/c15-14-16-8-12-9-18(10-13(12)17-14)21(19,20)7-6-11-4-2-1-3-5-11/h1-8H,9-10H2,(H2,15,16,17)/b7-6+. The molecule has 2 aromatic rings. The first kappa shape index (κ1) is 13.7. The lowest BCUT2D eigenvalue weighted by atomic mass is 10.2. The zero-order valence-electron chi connectivity index (χ0n) is 11.2. The van der Waals surface area contributed by atoms with E-state index in [0.29, 0.717) is 5.69 Å². The molecule has 0 saturated carbocycles. The van der Waals surface area contributed by atoms with E-state index < -0.39 is 10.0 Å². The van der Waals surface area contributed by atoms with Crippen LogP contribution in [-0.2, 0) is 23.1 Å². The van der Waals surface area contributed by atoms with Crippen LogP contribution in [0.5, 0.6) is 0 Å². The van der Waals surface area contributed by atoms with E-state index in [1.807, 2.05) is 30.3 Å². The van der Waals surface area contributed by atoms with Crippen molar-refractivity contribution in [2.45, 2.75) is 13.1 Å². The number of sulfonamides is 1. The molecular weight excluding hydrogens is 288 g/mol. The molecule has 2 heterocycles. The molecule has 1 aromatic carbocycles. The number of nitrogen functional groups attached to an aromatic ring is 1. The number of aromatic nitrogens is 2. The highest BCUT2D eigenvalue weighted by molar-refractivity contribution is 7.92. The Balaban J connectivity index is 1.80. The van der Waals surface area contributed by atoms with Crippen molar-refractivity contribution in [3.8, 4) is 0 Å². The van der Waals surface area contributed by atoms with Gasteiger partial charge in [0, 0.05) is 23.7 Å². The van der Waals surface area contributed by atoms with Crippen molar-refractivity contribution in [1.82, 2.24) is 14.3 Å². The molecule has 2 N–H and O–H groups in total. The minimum absolute atomic E-state index is 0.160. The molecule has 108 valence electrons. The number of nitrogens with zero attached hydrogens (tertiary/aromatic N) is 3. The summed E-state index contributed by atoms with van der Waals surface area (Å²) in [6.45, 7) is 0.501. The van der Waals surface area contributed by atoms with Crippen molar-refractivity contribution >= 4 is 22.0 Å². The average Bonchev–Trinajstić information content (AvgIpc) is 2.90. The Bertz CT molecular complexity index is 788. The molecular formula is C14H14N4O2S. The molecule has 0 spiro atoms. The van der Waals surface area contributed by atoms with Crippen LogP contribution in [0.2, 0.25) is 0 Å². The SMILES string of the molecule is Nc1ncc2c(n1)CN(S(=O)(=O)/C=C/c1ccccc1)C2. The fraction of sp³-hybridized carbons (Fsp3) is 0.143. The molecule has 0 unspecified atom stereocenters. The largest absolute Gasteiger partial charge is 0.368 e. The first-order chi connectivity index (χ1) is 10.0. The van der Waals surface area contributed by atoms with E-state index in [9.17, 15) is 8.42 Å². The van der Waals surface area contributed by atoms with Crippen molar-refractivity contribution < 1.29 is 8.42 Å². The Morgan fingerprint density at radius 2 is 1.95 bits per heavy atom. The number of nitrogens with two attached hydrogens (primary N) is 1. The van der Waals surface area contributed by atoms with Crippen LogP contribution >= 0.6 is 0 Å². The van der Waals surface area contributed by atoms with E-state index in [4.69, 9.17) is 5.73 Å². The first-order valence-corrected chi connectivity index (χ1v) is 7.88. The number of benzene rings is 1. The quantitative estimate of drug-likeness (QED) is 0.925. The monoisotopic (exact) mass is 302 g/mol. The fourth-order valence-electron chi connectivity index (χ4n) is 2.13. The van der Waals surface area contributed by atoms with E-state index in [2.05, 4.69) is 9.97 Å². The smallest absolute Gasteiger partial charge is 0.236 e. The van der Waals surface area contributed by atoms with Gasteiger partial charge in [0.25, 0.3) is 0 Å². The van der Waals surface area contributed by atoms with Crippen LogP contribution in [0.25, 0.3) is 6.08 Å². The van der Waals surface area contributed by atoms with Crippen LogP contribution in [0.15, 0.2) is 41.9 Å². The zero-order valence-corrected chi connectivity index (χ0v) is 12.0. The Kier molecular flexibility index (Phi) is 3.44. The van der Waals surface area contributed by atoms with Crippen molar-refractivity contribution in [2.75, 3.05) is 5.73 Å². The summed E-state index contributed by atoms with van der Waals surface area (Å²) in [5.41, 5.74) is 7.81. The van der Waals surface area contributed by atoms with E-state index in [1.165, 1.54) is 9.71 Å². The maximum Gasteiger partial charge on any atom is 0.236 e. The number of hydrogen-bond acceptors (Lipinski definition) is 5. The van der Waals surface area contributed by atoms with Crippen LogP contribution in [0.4, 0.5) is 5.95 Å². The van der Waals surface area contributed by atoms with Gasteiger partial charge in [-0.15, -0.1) is 0 Å². The summed E-state index contributed by atoms with van der Waals surface area (Å²) in [6.07, 6.45) is 3.16. The third-order valence-corrected chi connectivity index (χ3v) is 4.70. The molecule has 3 rings (SSSR count). The molecule has 1 aliphatic heterocycles. The molecule has 0 amide bonds. The molecule has 1 aromatic heterocycles. The van der Waals surface area contributed by atoms with Gasteiger partial charge in [-0.2, -0.15) is 4.31 Å². The van der Waals surface area contributed by atoms with E-state index in [-0.39, 0.29) is 19.0 Å². The van der Waals surface area contributed by atoms with Gasteiger partial charge in [0.15, 0.2) is 0 Å². The van der Waals surface area contributed by atoms with Gasteiger partial charge in [0.2, 0.25) is 16.0 Å². The molecule has 6 nitrogen and oxygen atoms in total. The third-order valence-electron chi connectivity index (χ3n) is 3.24. The Morgan fingerprint density at radius 1 is 1.19 bits per heavy atom. The molecule has 0 saturated heterocycles. The molecule has 7 heteroatoms. The highest BCUT2D eigenvalue weighted by Crippen LogP contribution is 2.24. The van der Waals surface area contributed by atoms with E-state index in [1.54, 1.807) is 12.3 Å². The summed E-state index contributed by atoms with van der Waals surface area (Å²) in [6, 6.07) is 9.28. The van der Waals surface area contributed by atoms with Gasteiger partial charge >= 0.3 is 0 Å². The summed E-state index contributed by atoms with van der Waals surface area (Å²) in [5.74, 6) is 0.160. The van der Waals surface area contributed by atoms with Crippen LogP contribution in [0, 0.1) is 0 Å². The minimum Gasteiger partial charge on any atom is -0.368 e. The second-order valence-electron chi connectivity index (χ2n) is 4.73. The topological polar surface area (TPSA) is 89.2 Å². The average molecular weight is 302 g/mol. The lowest BCUT2D eigenvalue weighted by Crippen LogP contribution is -2.23. The molecule has 0 bridgehead atoms. The van der Waals surface area contributed by atoms with Crippen molar-refractivity contribution in [3.63, 3.8) is 0 Å². The van der Waals surface area contributed by atoms with Crippen LogP contribution < -0.4 is 5.73 Å². The molecule has 21 heavy (non-hydrogen) atoms. The summed E-state index contributed by atoms with van der Waals surface area (Å²) in [7, 11) is -3.49. The van der Waals surface area contributed by atoms with Crippen molar-refractivity contribution in [3.05, 3.63) is 58.8 Å². The van der Waals surface area contributed by atoms with Gasteiger partial charge in [0.1, 0.15) is 0 Å². The second-order valence-corrected chi connectivity index (χ2v) is 6.55. The molecule has 0 radical (unpaired) electrons. The summed E-state index contributed by atoms with van der Waals surface area (Å²) in [5, 5.41) is 1.21. The minimum atomic E-state index is -3.49. The molecule has 0 aliphatic carbocycles. The van der Waals surface area contributed by atoms with Crippen LogP contribution in [-0.4, -0.2) is 22.7 Å². The lowest BCUT2D eigenvalue weighted by Gasteiger charge is -2.11. The molecule has 0 atom stereocenters. The van der Waals surface area contributed by atoms with Crippen molar-refractivity contribution in [1.29, 1.82) is 0 Å². The summed E-state index contributed by atoms with van der Waals surface area (Å²) in [4.78, 5) is 7.96. The predicted molar refractivity (Wildman–Crippen MR) is 80.1 cm³/mol. The lowest BCUT2D eigenvalue weighted by molar-refractivity contribution is 0.437. The Labute approximate surface area is 123 Å². The zero-order chi connectivity index (χ0) is 14.9. The molecule has 0 fully saturated rings. The normalized spacial score (nSPS) is 15.4. The van der Waals surface area contributed by atoms with Gasteiger partial charge in [0.05, 0.1) is 12.2 Å². The van der Waals surface area contributed by atoms with Gasteiger partial charge in [-0.1, -0.05) is 30.3 Å². The van der Waals surface area contributed by atoms with Gasteiger partial charge < -0.3 is 5.73 Å². The van der Waals surface area contributed by atoms with Crippen molar-refractivity contribution in [2.24, 2.45) is 0 Å². The maximum absolute atomic E-state index is 12.3. The number of anilines is 1. The van der Waals surface area contributed by atoms with Gasteiger partial charge in [-0.25, -0.2) is 18.4 Å². The fourth-order valence-corrected chi connectivity index (χ4v) is 3.26. The number of rotatable bonds is 3. The Hall–Kier alpha value is -2.25. The van der Waals surface area contributed by atoms with Crippen LogP contribution in [0.3, 0.4) is 0 Å². The van der Waals surface area contributed by atoms with E-state index in [0.717, 1.165) is 11.1 Å². The summed E-state index contributed by atoms with van der Waals surface area (Å²) < 4.78 is 26.0. The number of hydrogen-bond donors (Lipinski definition) is 1. The van der Waals surface area contributed by atoms with Crippen LogP contribution in [0.1, 0.15) is 16.8 Å². The second kappa shape index (κ2) is 5.27. The predicted octanol–water partition coefficient (Wildman–Crippen LogP) is 1.38. The third kappa shape index (κ3) is 2.93. The highest BCUT2D eigenvalue weighted by Gasteiger charge is 2.28. The number of fused-ring (bicyclic) bond motifs is 1.